The third-order valence-electron chi connectivity index (χ3n) is 7.59. The zero-order chi connectivity index (χ0) is 21.4. The van der Waals surface area contributed by atoms with Crippen LogP contribution in [0, 0.1) is 17.8 Å². The van der Waals surface area contributed by atoms with Crippen LogP contribution in [-0.2, 0) is 22.5 Å². The van der Waals surface area contributed by atoms with E-state index in [0.717, 1.165) is 45.6 Å². The number of hydrogen-bond donors (Lipinski definition) is 1. The van der Waals surface area contributed by atoms with Crippen LogP contribution in [0.25, 0.3) is 0 Å². The maximum absolute atomic E-state index is 13.1. The number of nitrogens with zero attached hydrogens (tertiary/aromatic N) is 3. The molecule has 7 heteroatoms. The van der Waals surface area contributed by atoms with Gasteiger partial charge in [0.1, 0.15) is 0 Å². The van der Waals surface area contributed by atoms with Crippen molar-refractivity contribution < 1.29 is 14.3 Å². The molecule has 3 atom stereocenters. The maximum atomic E-state index is 13.1. The number of rotatable bonds is 5. The van der Waals surface area contributed by atoms with Crippen molar-refractivity contribution in [3.05, 3.63) is 35.4 Å². The van der Waals surface area contributed by atoms with Gasteiger partial charge >= 0.3 is 6.03 Å². The lowest BCUT2D eigenvalue weighted by Crippen LogP contribution is -2.51. The van der Waals surface area contributed by atoms with Crippen LogP contribution in [0.3, 0.4) is 0 Å². The zero-order valence-corrected chi connectivity index (χ0v) is 18.5. The summed E-state index contributed by atoms with van der Waals surface area (Å²) in [5.41, 5.74) is 2.65. The summed E-state index contributed by atoms with van der Waals surface area (Å²) in [5.74, 6) is 1.77. The second-order valence-electron chi connectivity index (χ2n) is 9.48. The SMILES string of the molecule is CCCN1Cc2ccccc2CC1C(=O)NCC1C2CN(C(=O)N3CCOCC3)CC12. The van der Waals surface area contributed by atoms with Crippen LogP contribution >= 0.6 is 0 Å². The summed E-state index contributed by atoms with van der Waals surface area (Å²) in [7, 11) is 0. The maximum Gasteiger partial charge on any atom is 0.320 e. The molecule has 1 N–H and O–H groups in total. The Labute approximate surface area is 184 Å². The molecular formula is C24H34N4O3. The minimum atomic E-state index is -0.0761. The van der Waals surface area contributed by atoms with Crippen molar-refractivity contribution in [1.29, 1.82) is 0 Å². The quantitative estimate of drug-likeness (QED) is 0.776. The van der Waals surface area contributed by atoms with Crippen LogP contribution in [0.4, 0.5) is 4.79 Å². The third-order valence-corrected chi connectivity index (χ3v) is 7.59. The molecule has 2 saturated heterocycles. The number of fused-ring (bicyclic) bond motifs is 2. The van der Waals surface area contributed by atoms with Crippen molar-refractivity contribution in [2.24, 2.45) is 17.8 Å². The van der Waals surface area contributed by atoms with Crippen molar-refractivity contribution >= 4 is 11.9 Å². The first kappa shape index (κ1) is 20.8. The van der Waals surface area contributed by atoms with Crippen molar-refractivity contribution in [3.63, 3.8) is 0 Å². The molecule has 0 radical (unpaired) electrons. The lowest BCUT2D eigenvalue weighted by atomic mass is 9.93. The molecule has 5 rings (SSSR count). The lowest BCUT2D eigenvalue weighted by Gasteiger charge is -2.36. The molecule has 0 aromatic heterocycles. The van der Waals surface area contributed by atoms with Crippen molar-refractivity contribution in [1.82, 2.24) is 20.0 Å². The first-order valence-electron chi connectivity index (χ1n) is 11.9. The van der Waals surface area contributed by atoms with Gasteiger partial charge in [0.2, 0.25) is 5.91 Å². The van der Waals surface area contributed by atoms with Crippen molar-refractivity contribution in [2.75, 3.05) is 52.5 Å². The van der Waals surface area contributed by atoms with Crippen LogP contribution in [-0.4, -0.2) is 85.2 Å². The average molecular weight is 427 g/mol. The zero-order valence-electron chi connectivity index (χ0n) is 18.5. The minimum absolute atomic E-state index is 0.0761. The van der Waals surface area contributed by atoms with Gasteiger partial charge in [-0.2, -0.15) is 0 Å². The van der Waals surface area contributed by atoms with Gasteiger partial charge in [0.15, 0.2) is 0 Å². The van der Waals surface area contributed by atoms with E-state index in [1.54, 1.807) is 0 Å². The molecule has 3 unspecified atom stereocenters. The van der Waals surface area contributed by atoms with Crippen LogP contribution < -0.4 is 5.32 Å². The highest BCUT2D eigenvalue weighted by Gasteiger charge is 2.56. The fourth-order valence-electron chi connectivity index (χ4n) is 5.76. The summed E-state index contributed by atoms with van der Waals surface area (Å²) in [6.45, 7) is 9.06. The highest BCUT2D eigenvalue weighted by Crippen LogP contribution is 2.51. The molecule has 4 aliphatic rings. The van der Waals surface area contributed by atoms with Crippen LogP contribution in [0.5, 0.6) is 0 Å². The van der Waals surface area contributed by atoms with E-state index in [1.807, 2.05) is 9.80 Å². The summed E-state index contributed by atoms with van der Waals surface area (Å²) in [5, 5.41) is 3.26. The molecule has 0 bridgehead atoms. The van der Waals surface area contributed by atoms with Gasteiger partial charge in [0.25, 0.3) is 0 Å². The Morgan fingerprint density at radius 3 is 2.48 bits per heavy atom. The second kappa shape index (κ2) is 8.79. The molecule has 0 spiro atoms. The highest BCUT2D eigenvalue weighted by atomic mass is 16.5. The average Bonchev–Trinajstić information content (AvgIpc) is 3.25. The van der Waals surface area contributed by atoms with E-state index >= 15 is 0 Å². The van der Waals surface area contributed by atoms with Crippen LogP contribution in [0.2, 0.25) is 0 Å². The van der Waals surface area contributed by atoms with Crippen molar-refractivity contribution in [3.8, 4) is 0 Å². The molecule has 3 fully saturated rings. The summed E-state index contributed by atoms with van der Waals surface area (Å²) in [6, 6.07) is 8.58. The number of carbonyl (C=O) groups excluding carboxylic acids is 2. The highest BCUT2D eigenvalue weighted by molar-refractivity contribution is 5.82. The van der Waals surface area contributed by atoms with Gasteiger partial charge in [-0.1, -0.05) is 31.2 Å². The normalized spacial score (nSPS) is 30.0. The monoisotopic (exact) mass is 426 g/mol. The van der Waals surface area contributed by atoms with Gasteiger partial charge in [-0.25, -0.2) is 4.79 Å². The van der Waals surface area contributed by atoms with Crippen LogP contribution in [0.1, 0.15) is 24.5 Å². The number of carbonyl (C=O) groups is 2. The number of morpholine rings is 1. The van der Waals surface area contributed by atoms with E-state index < -0.39 is 0 Å². The fourth-order valence-corrected chi connectivity index (χ4v) is 5.76. The number of urea groups is 1. The summed E-state index contributed by atoms with van der Waals surface area (Å²) in [6.07, 6.45) is 1.84. The van der Waals surface area contributed by atoms with E-state index in [2.05, 4.69) is 41.4 Å². The Morgan fingerprint density at radius 1 is 1.06 bits per heavy atom. The summed E-state index contributed by atoms with van der Waals surface area (Å²) in [4.78, 5) is 32.0. The topological polar surface area (TPSA) is 65.1 Å². The number of hydrogen-bond acceptors (Lipinski definition) is 4. The Morgan fingerprint density at radius 2 is 1.77 bits per heavy atom. The van der Waals surface area contributed by atoms with E-state index in [0.29, 0.717) is 44.1 Å². The van der Waals surface area contributed by atoms with E-state index in [4.69, 9.17) is 4.74 Å². The Kier molecular flexibility index (Phi) is 5.89. The second-order valence-corrected chi connectivity index (χ2v) is 9.48. The number of likely N-dealkylation sites (tertiary alicyclic amines) is 1. The molecule has 7 nitrogen and oxygen atoms in total. The molecule has 31 heavy (non-hydrogen) atoms. The molecule has 168 valence electrons. The number of amides is 3. The third kappa shape index (κ3) is 4.17. The molecule has 1 aliphatic carbocycles. The number of benzene rings is 1. The molecular weight excluding hydrogens is 392 g/mol. The number of piperidine rings is 1. The molecule has 1 aromatic rings. The number of nitrogens with one attached hydrogen (secondary N) is 1. The van der Waals surface area contributed by atoms with Gasteiger partial charge in [0.05, 0.1) is 19.3 Å². The Hall–Kier alpha value is -2.12. The minimum Gasteiger partial charge on any atom is -0.378 e. The molecule has 1 saturated carbocycles. The summed E-state index contributed by atoms with van der Waals surface area (Å²) >= 11 is 0. The van der Waals surface area contributed by atoms with Crippen molar-refractivity contribution in [2.45, 2.75) is 32.4 Å². The lowest BCUT2D eigenvalue weighted by molar-refractivity contribution is -0.127. The standard InChI is InChI=1S/C24H34N4O3/c1-2-7-27-14-18-6-4-3-5-17(18)12-22(27)23(29)25-13-19-20-15-28(16-21(19)20)24(30)26-8-10-31-11-9-26/h3-6,19-22H,2,7-16H2,1H3,(H,25,29). The predicted octanol–water partition coefficient (Wildman–Crippen LogP) is 1.57. The van der Waals surface area contributed by atoms with Crippen LogP contribution in [0.15, 0.2) is 24.3 Å². The largest absolute Gasteiger partial charge is 0.378 e. The van der Waals surface area contributed by atoms with E-state index in [1.165, 1.54) is 11.1 Å². The molecule has 1 aromatic carbocycles. The molecule has 3 aliphatic heterocycles. The molecule has 3 heterocycles. The van der Waals surface area contributed by atoms with Gasteiger partial charge in [-0.15, -0.1) is 0 Å². The van der Waals surface area contributed by atoms with E-state index in [-0.39, 0.29) is 18.0 Å². The Bertz CT molecular complexity index is 813. The molecule has 3 amide bonds. The van der Waals surface area contributed by atoms with Gasteiger partial charge in [-0.05, 0) is 48.3 Å². The number of ether oxygens (including phenoxy) is 1. The fraction of sp³-hybridized carbons (Fsp3) is 0.667. The Balaban J connectivity index is 1.11. The first-order chi connectivity index (χ1) is 15.2. The predicted molar refractivity (Wildman–Crippen MR) is 117 cm³/mol. The van der Waals surface area contributed by atoms with E-state index in [9.17, 15) is 9.59 Å². The summed E-state index contributed by atoms with van der Waals surface area (Å²) < 4.78 is 5.35. The van der Waals surface area contributed by atoms with Gasteiger partial charge in [0, 0.05) is 39.3 Å². The smallest absolute Gasteiger partial charge is 0.320 e. The van der Waals surface area contributed by atoms with Gasteiger partial charge in [-0.3, -0.25) is 9.69 Å². The first-order valence-corrected chi connectivity index (χ1v) is 11.9. The van der Waals surface area contributed by atoms with Gasteiger partial charge < -0.3 is 19.9 Å².